The van der Waals surface area contributed by atoms with Crippen LogP contribution in [0.4, 0.5) is 0 Å². The molecule has 0 aliphatic carbocycles. The van der Waals surface area contributed by atoms with Gasteiger partial charge in [-0.15, -0.1) is 11.3 Å². The maximum atomic E-state index is 4.01. The third-order valence-electron chi connectivity index (χ3n) is 2.97. The highest BCUT2D eigenvalue weighted by molar-refractivity contribution is 7.21. The van der Waals surface area contributed by atoms with Gasteiger partial charge >= 0.3 is 0 Å². The molecule has 0 N–H and O–H groups in total. The molecule has 0 saturated carbocycles. The molecule has 0 bridgehead atoms. The third-order valence-corrected chi connectivity index (χ3v) is 4.23. The largest absolute Gasteiger partial charge is 0.135 e. The minimum atomic E-state index is 0.996. The number of thiophene rings is 1. The van der Waals surface area contributed by atoms with Crippen LogP contribution in [0.25, 0.3) is 26.4 Å². The summed E-state index contributed by atoms with van der Waals surface area (Å²) in [6.07, 6.45) is 1.81. The molecule has 0 spiro atoms. The minimum absolute atomic E-state index is 0.996. The van der Waals surface area contributed by atoms with E-state index in [0.29, 0.717) is 0 Å². The lowest BCUT2D eigenvalue weighted by Gasteiger charge is -1.97. The zero-order chi connectivity index (χ0) is 11.8. The van der Waals surface area contributed by atoms with E-state index >= 15 is 0 Å². The van der Waals surface area contributed by atoms with Gasteiger partial charge in [0.2, 0.25) is 0 Å². The molecule has 0 atom stereocenters. The Morgan fingerprint density at radius 3 is 2.65 bits per heavy atom. The second-order valence-corrected chi connectivity index (χ2v) is 5.10. The van der Waals surface area contributed by atoms with E-state index in [0.717, 1.165) is 5.57 Å². The van der Waals surface area contributed by atoms with Gasteiger partial charge in [0.25, 0.3) is 0 Å². The molecule has 0 aliphatic rings. The van der Waals surface area contributed by atoms with Gasteiger partial charge in [0.1, 0.15) is 0 Å². The standard InChI is InChI=1S/C16H12S/c1-3-11(2)15-10-13-9-8-12-6-4-5-7-14(12)16(13)17-15/h3-10H,1-2H2. The van der Waals surface area contributed by atoms with Crippen LogP contribution in [0.3, 0.4) is 0 Å². The van der Waals surface area contributed by atoms with Gasteiger partial charge in [0.05, 0.1) is 0 Å². The Balaban J connectivity index is 2.38. The van der Waals surface area contributed by atoms with E-state index in [-0.39, 0.29) is 0 Å². The summed E-state index contributed by atoms with van der Waals surface area (Å²) in [6, 6.07) is 15.0. The van der Waals surface area contributed by atoms with Gasteiger partial charge in [-0.05, 0) is 27.8 Å². The summed E-state index contributed by atoms with van der Waals surface area (Å²) < 4.78 is 1.33. The van der Waals surface area contributed by atoms with Crippen molar-refractivity contribution in [2.75, 3.05) is 0 Å². The zero-order valence-electron chi connectivity index (χ0n) is 9.44. The molecule has 0 radical (unpaired) electrons. The fraction of sp³-hybridized carbons (Fsp3) is 0. The van der Waals surface area contributed by atoms with Crippen LogP contribution in [0.1, 0.15) is 4.88 Å². The Labute approximate surface area is 105 Å². The van der Waals surface area contributed by atoms with Crippen LogP contribution < -0.4 is 0 Å². The molecule has 3 rings (SSSR count). The van der Waals surface area contributed by atoms with Crippen LogP contribution in [-0.4, -0.2) is 0 Å². The molecule has 0 fully saturated rings. The van der Waals surface area contributed by atoms with E-state index in [1.807, 2.05) is 6.08 Å². The maximum Gasteiger partial charge on any atom is 0.0427 e. The first-order valence-corrected chi connectivity index (χ1v) is 6.34. The molecule has 0 aliphatic heterocycles. The smallest absolute Gasteiger partial charge is 0.0427 e. The predicted molar refractivity (Wildman–Crippen MR) is 78.6 cm³/mol. The lowest BCUT2D eigenvalue weighted by atomic mass is 10.1. The number of rotatable bonds is 2. The Morgan fingerprint density at radius 2 is 1.82 bits per heavy atom. The summed E-state index contributed by atoms with van der Waals surface area (Å²) in [7, 11) is 0. The van der Waals surface area contributed by atoms with Crippen LogP contribution in [-0.2, 0) is 0 Å². The van der Waals surface area contributed by atoms with Crippen molar-refractivity contribution < 1.29 is 0 Å². The first-order valence-electron chi connectivity index (χ1n) is 5.52. The maximum absolute atomic E-state index is 4.01. The molecule has 1 heterocycles. The molecule has 1 aromatic heterocycles. The second-order valence-electron chi connectivity index (χ2n) is 4.05. The molecule has 0 unspecified atom stereocenters. The van der Waals surface area contributed by atoms with Crippen molar-refractivity contribution in [2.24, 2.45) is 0 Å². The molecule has 0 nitrogen and oxygen atoms in total. The molecule has 0 amide bonds. The van der Waals surface area contributed by atoms with E-state index in [1.54, 1.807) is 11.3 Å². The van der Waals surface area contributed by atoms with Crippen LogP contribution in [0.5, 0.6) is 0 Å². The van der Waals surface area contributed by atoms with Crippen LogP contribution >= 0.6 is 11.3 Å². The summed E-state index contributed by atoms with van der Waals surface area (Å²) in [5.74, 6) is 0. The van der Waals surface area contributed by atoms with Crippen LogP contribution in [0.15, 0.2) is 61.7 Å². The zero-order valence-corrected chi connectivity index (χ0v) is 10.3. The quantitative estimate of drug-likeness (QED) is 0.533. The van der Waals surface area contributed by atoms with Gasteiger partial charge in [-0.2, -0.15) is 0 Å². The van der Waals surface area contributed by atoms with Crippen molar-refractivity contribution in [1.29, 1.82) is 0 Å². The van der Waals surface area contributed by atoms with Crippen molar-refractivity contribution >= 4 is 37.8 Å². The van der Waals surface area contributed by atoms with E-state index < -0.39 is 0 Å². The topological polar surface area (TPSA) is 0 Å². The number of allylic oxidation sites excluding steroid dienone is 2. The highest BCUT2D eigenvalue weighted by Crippen LogP contribution is 2.35. The van der Waals surface area contributed by atoms with Crippen LogP contribution in [0, 0.1) is 0 Å². The SMILES string of the molecule is C=CC(=C)c1cc2ccc3ccccc3c2s1. The van der Waals surface area contributed by atoms with Gasteiger partial charge in [-0.3, -0.25) is 0 Å². The number of hydrogen-bond donors (Lipinski definition) is 0. The molecule has 17 heavy (non-hydrogen) atoms. The molecule has 1 heteroatoms. The third kappa shape index (κ3) is 1.60. The highest BCUT2D eigenvalue weighted by Gasteiger charge is 2.06. The van der Waals surface area contributed by atoms with Crippen molar-refractivity contribution in [3.63, 3.8) is 0 Å². The summed E-state index contributed by atoms with van der Waals surface area (Å²) in [6.45, 7) is 7.79. The number of fused-ring (bicyclic) bond motifs is 3. The Bertz CT molecular complexity index is 731. The van der Waals surface area contributed by atoms with Gasteiger partial charge < -0.3 is 0 Å². The van der Waals surface area contributed by atoms with Crippen molar-refractivity contribution in [3.05, 3.63) is 66.6 Å². The minimum Gasteiger partial charge on any atom is -0.135 e. The van der Waals surface area contributed by atoms with E-state index in [1.165, 1.54) is 25.7 Å². The first kappa shape index (κ1) is 10.3. The van der Waals surface area contributed by atoms with Gasteiger partial charge in [-0.1, -0.05) is 55.6 Å². The lowest BCUT2D eigenvalue weighted by Crippen LogP contribution is -1.70. The van der Waals surface area contributed by atoms with E-state index in [4.69, 9.17) is 0 Å². The van der Waals surface area contributed by atoms with Crippen molar-refractivity contribution in [2.45, 2.75) is 0 Å². The molecule has 3 aromatic rings. The average molecular weight is 236 g/mol. The molecular formula is C16H12S. The van der Waals surface area contributed by atoms with Crippen LogP contribution in [0.2, 0.25) is 0 Å². The van der Waals surface area contributed by atoms with Gasteiger partial charge in [-0.25, -0.2) is 0 Å². The summed E-state index contributed by atoms with van der Waals surface area (Å²) in [5.41, 5.74) is 0.996. The van der Waals surface area contributed by atoms with Crippen molar-refractivity contribution in [3.8, 4) is 0 Å². The van der Waals surface area contributed by atoms with Gasteiger partial charge in [0, 0.05) is 9.58 Å². The fourth-order valence-corrected chi connectivity index (χ4v) is 3.19. The molecule has 0 saturated heterocycles. The molecule has 2 aromatic carbocycles. The average Bonchev–Trinajstić information content (AvgIpc) is 2.82. The van der Waals surface area contributed by atoms with Gasteiger partial charge in [0.15, 0.2) is 0 Å². The van der Waals surface area contributed by atoms with Crippen molar-refractivity contribution in [1.82, 2.24) is 0 Å². The molecular weight excluding hydrogens is 224 g/mol. The first-order chi connectivity index (χ1) is 8.29. The summed E-state index contributed by atoms with van der Waals surface area (Å²) in [4.78, 5) is 1.20. The van der Waals surface area contributed by atoms with E-state index in [9.17, 15) is 0 Å². The Hall–Kier alpha value is -1.86. The Morgan fingerprint density at radius 1 is 1.06 bits per heavy atom. The summed E-state index contributed by atoms with van der Waals surface area (Å²) >= 11 is 1.79. The second kappa shape index (κ2) is 3.86. The normalized spacial score (nSPS) is 10.8. The monoisotopic (exact) mass is 236 g/mol. The van der Waals surface area contributed by atoms with E-state index in [2.05, 4.69) is 55.6 Å². The Kier molecular flexibility index (Phi) is 2.34. The number of benzene rings is 2. The highest BCUT2D eigenvalue weighted by atomic mass is 32.1. The summed E-state index contributed by atoms with van der Waals surface area (Å²) in [5, 5.41) is 3.89. The predicted octanol–water partition coefficient (Wildman–Crippen LogP) is 5.25. The fourth-order valence-electron chi connectivity index (χ4n) is 2.03. The lowest BCUT2D eigenvalue weighted by molar-refractivity contribution is 1.81. The number of hydrogen-bond acceptors (Lipinski definition) is 1. The molecule has 82 valence electrons.